The lowest BCUT2D eigenvalue weighted by molar-refractivity contribution is -0.119. The first kappa shape index (κ1) is 23.5. The van der Waals surface area contributed by atoms with Gasteiger partial charge in [0.2, 0.25) is 0 Å². The summed E-state index contributed by atoms with van der Waals surface area (Å²) in [6, 6.07) is 23.0. The Morgan fingerprint density at radius 3 is 2.33 bits per heavy atom. The monoisotopic (exact) mass is 462 g/mol. The Bertz CT molecular complexity index is 1250. The molecule has 0 spiro atoms. The van der Waals surface area contributed by atoms with Gasteiger partial charge in [-0.3, -0.25) is 9.10 Å². The zero-order chi connectivity index (χ0) is 23.7. The number of hydrogen-bond donors (Lipinski definition) is 1. The van der Waals surface area contributed by atoms with Gasteiger partial charge < -0.3 is 4.74 Å². The minimum Gasteiger partial charge on any atom is -0.494 e. The average Bonchev–Trinajstić information content (AvgIpc) is 2.84. The fourth-order valence-electron chi connectivity index (χ4n) is 2.90. The van der Waals surface area contributed by atoms with Crippen LogP contribution in [0.5, 0.6) is 5.75 Å². The Morgan fingerprint density at radius 1 is 1.06 bits per heavy atom. The Labute approximate surface area is 192 Å². The molecule has 0 bridgehead atoms. The van der Waals surface area contributed by atoms with Crippen molar-refractivity contribution in [2.24, 2.45) is 5.10 Å². The van der Waals surface area contributed by atoms with Crippen LogP contribution in [0.3, 0.4) is 0 Å². The molecule has 0 aliphatic carbocycles. The van der Waals surface area contributed by atoms with E-state index in [9.17, 15) is 13.2 Å². The molecule has 3 rings (SSSR count). The number of nitrogens with zero attached hydrogens (tertiary/aromatic N) is 3. The van der Waals surface area contributed by atoms with E-state index in [0.717, 1.165) is 4.31 Å². The molecule has 8 nitrogen and oxygen atoms in total. The zero-order valence-corrected chi connectivity index (χ0v) is 18.7. The van der Waals surface area contributed by atoms with Crippen molar-refractivity contribution in [3.8, 4) is 11.8 Å². The lowest BCUT2D eigenvalue weighted by Gasteiger charge is -2.24. The number of carbonyl (C=O) groups is 1. The van der Waals surface area contributed by atoms with E-state index in [1.807, 2.05) is 13.0 Å². The van der Waals surface area contributed by atoms with Crippen molar-refractivity contribution in [1.29, 1.82) is 5.26 Å². The number of ether oxygens (including phenoxy) is 1. The highest BCUT2D eigenvalue weighted by molar-refractivity contribution is 7.92. The van der Waals surface area contributed by atoms with Crippen LogP contribution in [0, 0.1) is 11.3 Å². The number of sulfonamides is 1. The molecule has 168 valence electrons. The number of carbonyl (C=O) groups excluding carboxylic acids is 1. The number of nitriles is 1. The second-order valence-electron chi connectivity index (χ2n) is 6.78. The molecule has 0 aromatic heterocycles. The van der Waals surface area contributed by atoms with E-state index in [4.69, 9.17) is 10.00 Å². The van der Waals surface area contributed by atoms with Crippen LogP contribution < -0.4 is 14.5 Å². The van der Waals surface area contributed by atoms with E-state index < -0.39 is 22.5 Å². The number of amides is 1. The second-order valence-corrected chi connectivity index (χ2v) is 8.64. The summed E-state index contributed by atoms with van der Waals surface area (Å²) < 4.78 is 33.0. The van der Waals surface area contributed by atoms with Crippen molar-refractivity contribution in [2.45, 2.75) is 11.8 Å². The van der Waals surface area contributed by atoms with E-state index in [1.165, 1.54) is 18.3 Å². The molecule has 0 saturated carbocycles. The molecule has 0 atom stereocenters. The first-order chi connectivity index (χ1) is 15.9. The van der Waals surface area contributed by atoms with E-state index in [-0.39, 0.29) is 4.90 Å². The molecule has 0 aliphatic heterocycles. The van der Waals surface area contributed by atoms with Crippen LogP contribution in [-0.4, -0.2) is 33.7 Å². The first-order valence-corrected chi connectivity index (χ1v) is 11.5. The molecule has 0 fully saturated rings. The van der Waals surface area contributed by atoms with Crippen molar-refractivity contribution in [3.05, 3.63) is 90.0 Å². The van der Waals surface area contributed by atoms with Crippen LogP contribution in [0.4, 0.5) is 5.69 Å². The van der Waals surface area contributed by atoms with Gasteiger partial charge in [-0.1, -0.05) is 30.3 Å². The van der Waals surface area contributed by atoms with Crippen molar-refractivity contribution in [3.63, 3.8) is 0 Å². The molecule has 0 heterocycles. The minimum absolute atomic E-state index is 0.0627. The van der Waals surface area contributed by atoms with Crippen LogP contribution in [0.2, 0.25) is 0 Å². The quantitative estimate of drug-likeness (QED) is 0.387. The molecule has 1 amide bonds. The lowest BCUT2D eigenvalue weighted by atomic mass is 10.2. The first-order valence-electron chi connectivity index (χ1n) is 10.1. The van der Waals surface area contributed by atoms with Crippen molar-refractivity contribution >= 4 is 27.8 Å². The highest BCUT2D eigenvalue weighted by Crippen LogP contribution is 2.25. The molecule has 0 unspecified atom stereocenters. The maximum Gasteiger partial charge on any atom is 0.264 e. The molecular formula is C24H22N4O4S. The van der Waals surface area contributed by atoms with Crippen molar-refractivity contribution in [2.75, 3.05) is 17.5 Å². The minimum atomic E-state index is -4.01. The number of anilines is 1. The largest absolute Gasteiger partial charge is 0.494 e. The van der Waals surface area contributed by atoms with Gasteiger partial charge in [0.1, 0.15) is 12.3 Å². The topological polar surface area (TPSA) is 112 Å². The van der Waals surface area contributed by atoms with Crippen LogP contribution in [-0.2, 0) is 14.8 Å². The predicted molar refractivity (Wildman–Crippen MR) is 125 cm³/mol. The molecule has 33 heavy (non-hydrogen) atoms. The Balaban J connectivity index is 1.80. The molecule has 9 heteroatoms. The van der Waals surface area contributed by atoms with Gasteiger partial charge in [-0.05, 0) is 61.0 Å². The smallest absolute Gasteiger partial charge is 0.264 e. The van der Waals surface area contributed by atoms with Crippen LogP contribution in [0.1, 0.15) is 18.1 Å². The molecular weight excluding hydrogens is 440 g/mol. The third-order valence-corrected chi connectivity index (χ3v) is 6.28. The number of hydrogen-bond acceptors (Lipinski definition) is 6. The summed E-state index contributed by atoms with van der Waals surface area (Å²) in [6.45, 7) is 1.85. The van der Waals surface area contributed by atoms with Gasteiger partial charge in [0.25, 0.3) is 15.9 Å². The van der Waals surface area contributed by atoms with Crippen LogP contribution in [0.25, 0.3) is 0 Å². The second kappa shape index (κ2) is 10.9. The van der Waals surface area contributed by atoms with Gasteiger partial charge in [0, 0.05) is 0 Å². The normalized spacial score (nSPS) is 11.0. The number of benzene rings is 3. The van der Waals surface area contributed by atoms with Gasteiger partial charge in [0.15, 0.2) is 0 Å². The molecule has 3 aromatic carbocycles. The van der Waals surface area contributed by atoms with Crippen LogP contribution >= 0.6 is 0 Å². The van der Waals surface area contributed by atoms with E-state index >= 15 is 0 Å². The predicted octanol–water partition coefficient (Wildman–Crippen LogP) is 3.30. The molecule has 0 aliphatic rings. The fourth-order valence-corrected chi connectivity index (χ4v) is 4.34. The summed E-state index contributed by atoms with van der Waals surface area (Å²) in [7, 11) is -4.01. The van der Waals surface area contributed by atoms with E-state index in [1.54, 1.807) is 66.7 Å². The average molecular weight is 463 g/mol. The standard InChI is InChI=1S/C24H22N4O4S/c1-2-32-22-14-12-21(13-15-22)28(33(30,31)23-6-4-3-5-7-23)18-24(29)27-26-17-20-10-8-19(16-25)9-11-20/h3-15,17H,2,18H2,1H3,(H,27,29)/b26-17-. The third kappa shape index (κ3) is 6.18. The number of nitrogens with one attached hydrogen (secondary N) is 1. The van der Waals surface area contributed by atoms with E-state index in [2.05, 4.69) is 10.5 Å². The van der Waals surface area contributed by atoms with Gasteiger partial charge in [-0.2, -0.15) is 10.4 Å². The highest BCUT2D eigenvalue weighted by Gasteiger charge is 2.27. The van der Waals surface area contributed by atoms with Crippen molar-refractivity contribution in [1.82, 2.24) is 5.43 Å². The summed E-state index contributed by atoms with van der Waals surface area (Å²) in [6.07, 6.45) is 1.41. The summed E-state index contributed by atoms with van der Waals surface area (Å²) in [5, 5.41) is 12.7. The Hall–Kier alpha value is -4.16. The number of hydrazone groups is 1. The molecule has 0 radical (unpaired) electrons. The maximum atomic E-state index is 13.3. The molecule has 0 saturated heterocycles. The summed E-state index contributed by atoms with van der Waals surface area (Å²) in [4.78, 5) is 12.6. The SMILES string of the molecule is CCOc1ccc(N(CC(=O)N/N=C\c2ccc(C#N)cc2)S(=O)(=O)c2ccccc2)cc1. The Kier molecular flexibility index (Phi) is 7.78. The van der Waals surface area contributed by atoms with Gasteiger partial charge in [-0.15, -0.1) is 0 Å². The third-order valence-electron chi connectivity index (χ3n) is 4.50. The lowest BCUT2D eigenvalue weighted by Crippen LogP contribution is -2.39. The van der Waals surface area contributed by atoms with E-state index in [0.29, 0.717) is 29.2 Å². The maximum absolute atomic E-state index is 13.3. The summed E-state index contributed by atoms with van der Waals surface area (Å²) in [5.74, 6) is -0.0249. The summed E-state index contributed by atoms with van der Waals surface area (Å²) in [5.41, 5.74) is 3.85. The molecule has 3 aromatic rings. The van der Waals surface area contributed by atoms with Gasteiger partial charge in [-0.25, -0.2) is 13.8 Å². The number of rotatable bonds is 9. The zero-order valence-electron chi connectivity index (χ0n) is 17.9. The van der Waals surface area contributed by atoms with Crippen LogP contribution in [0.15, 0.2) is 88.9 Å². The van der Waals surface area contributed by atoms with Crippen molar-refractivity contribution < 1.29 is 17.9 Å². The van der Waals surface area contributed by atoms with Gasteiger partial charge >= 0.3 is 0 Å². The fraction of sp³-hybridized carbons (Fsp3) is 0.125. The summed E-state index contributed by atoms with van der Waals surface area (Å²) >= 11 is 0. The highest BCUT2D eigenvalue weighted by atomic mass is 32.2. The molecule has 1 N–H and O–H groups in total. The van der Waals surface area contributed by atoms with Gasteiger partial charge in [0.05, 0.1) is 35.0 Å². The Morgan fingerprint density at radius 2 is 1.73 bits per heavy atom.